The van der Waals surface area contributed by atoms with Gasteiger partial charge < -0.3 is 24.1 Å². The number of thioether (sulfide) groups is 1. The number of amides is 2. The van der Waals surface area contributed by atoms with Crippen LogP contribution >= 0.6 is 34.4 Å². The molecule has 2 heterocycles. The molecule has 3 rings (SSSR count). The molecule has 0 radical (unpaired) electrons. The van der Waals surface area contributed by atoms with Gasteiger partial charge in [0.15, 0.2) is 4.80 Å². The fourth-order valence-electron chi connectivity index (χ4n) is 3.60. The van der Waals surface area contributed by atoms with Crippen molar-refractivity contribution < 1.29 is 42.6 Å². The van der Waals surface area contributed by atoms with Crippen LogP contribution in [-0.2, 0) is 35.1 Å². The van der Waals surface area contributed by atoms with Crippen LogP contribution in [-0.4, -0.2) is 65.6 Å². The van der Waals surface area contributed by atoms with Crippen LogP contribution in [0.15, 0.2) is 23.2 Å². The van der Waals surface area contributed by atoms with Crippen molar-refractivity contribution in [2.24, 2.45) is 4.99 Å². The SMILES string of the molecule is CCOC(=O)Cn1c(=NC(=O)CSCC(=O)Nc2sc(C(=O)OCC)c(C)c2C(=O)OCC)sc2cc(F)ccc21. The fourth-order valence-corrected chi connectivity index (χ4v) is 6.37. The van der Waals surface area contributed by atoms with Crippen LogP contribution in [0.5, 0.6) is 0 Å². The Morgan fingerprint density at radius 2 is 1.66 bits per heavy atom. The van der Waals surface area contributed by atoms with Gasteiger partial charge in [0.1, 0.15) is 22.2 Å². The Bertz CT molecular complexity index is 1540. The summed E-state index contributed by atoms with van der Waals surface area (Å²) in [6, 6.07) is 4.02. The molecule has 0 spiro atoms. The third-order valence-corrected chi connectivity index (χ3v) is 8.40. The molecule has 0 unspecified atom stereocenters. The van der Waals surface area contributed by atoms with Gasteiger partial charge in [-0.2, -0.15) is 4.99 Å². The first-order valence-corrected chi connectivity index (χ1v) is 15.3. The zero-order valence-corrected chi connectivity index (χ0v) is 25.2. The maximum atomic E-state index is 13.7. The normalized spacial score (nSPS) is 11.4. The van der Waals surface area contributed by atoms with Crippen LogP contribution in [0.1, 0.15) is 46.4 Å². The predicted molar refractivity (Wildman–Crippen MR) is 154 cm³/mol. The number of nitrogens with one attached hydrogen (secondary N) is 1. The fraction of sp³-hybridized carbons (Fsp3) is 0.385. The highest BCUT2D eigenvalue weighted by Crippen LogP contribution is 2.34. The van der Waals surface area contributed by atoms with Crippen molar-refractivity contribution in [3.63, 3.8) is 0 Å². The van der Waals surface area contributed by atoms with Crippen LogP contribution in [0, 0.1) is 12.7 Å². The van der Waals surface area contributed by atoms with Crippen LogP contribution < -0.4 is 10.1 Å². The summed E-state index contributed by atoms with van der Waals surface area (Å²) in [6.07, 6.45) is 0. The van der Waals surface area contributed by atoms with Gasteiger partial charge >= 0.3 is 17.9 Å². The number of nitrogens with zero attached hydrogens (tertiary/aromatic N) is 2. The number of carbonyl (C=O) groups excluding carboxylic acids is 5. The van der Waals surface area contributed by atoms with Gasteiger partial charge in [-0.15, -0.1) is 23.1 Å². The van der Waals surface area contributed by atoms with E-state index in [2.05, 4.69) is 10.3 Å². The van der Waals surface area contributed by atoms with E-state index in [1.807, 2.05) is 0 Å². The molecule has 2 aromatic heterocycles. The number of aromatic nitrogens is 1. The van der Waals surface area contributed by atoms with Crippen LogP contribution in [0.4, 0.5) is 9.39 Å². The number of anilines is 1. The van der Waals surface area contributed by atoms with E-state index in [9.17, 15) is 28.4 Å². The predicted octanol–water partition coefficient (Wildman–Crippen LogP) is 3.93. The van der Waals surface area contributed by atoms with Crippen LogP contribution in [0.25, 0.3) is 10.2 Å². The molecular formula is C26H28FN3O8S3. The number of fused-ring (bicyclic) bond motifs is 1. The molecule has 1 aromatic carbocycles. The van der Waals surface area contributed by atoms with Gasteiger partial charge in [-0.05, 0) is 51.5 Å². The minimum Gasteiger partial charge on any atom is -0.465 e. The van der Waals surface area contributed by atoms with Gasteiger partial charge in [-0.3, -0.25) is 14.4 Å². The first-order chi connectivity index (χ1) is 19.6. The van der Waals surface area contributed by atoms with Crippen LogP contribution in [0.2, 0.25) is 0 Å². The Balaban J connectivity index is 1.72. The zero-order valence-electron chi connectivity index (χ0n) is 22.7. The van der Waals surface area contributed by atoms with Crippen molar-refractivity contribution in [1.82, 2.24) is 4.57 Å². The van der Waals surface area contributed by atoms with Gasteiger partial charge in [0, 0.05) is 0 Å². The van der Waals surface area contributed by atoms with Crippen molar-refractivity contribution in [2.75, 3.05) is 36.6 Å². The van der Waals surface area contributed by atoms with Crippen LogP contribution in [0.3, 0.4) is 0 Å². The number of rotatable bonds is 12. The molecule has 2 amide bonds. The lowest BCUT2D eigenvalue weighted by Crippen LogP contribution is -2.23. The third-order valence-electron chi connectivity index (χ3n) is 5.26. The number of benzene rings is 1. The van der Waals surface area contributed by atoms with Gasteiger partial charge in [-0.1, -0.05) is 11.3 Å². The highest BCUT2D eigenvalue weighted by molar-refractivity contribution is 8.00. The molecule has 0 fully saturated rings. The standard InChI is InChI=1S/C26H28FN3O8S3/c1-5-36-20(33)11-30-16-9-8-15(27)10-17(16)40-26(30)29-19(32)13-39-12-18(31)28-23-21(24(34)37-6-2)14(4)22(41-23)25(35)38-7-3/h8-10H,5-7,11-13H2,1-4H3,(H,28,31). The molecule has 3 aromatic rings. The van der Waals surface area contributed by atoms with Crippen molar-refractivity contribution in [3.05, 3.63) is 44.8 Å². The molecule has 0 saturated heterocycles. The average molecular weight is 626 g/mol. The topological polar surface area (TPSA) is 142 Å². The summed E-state index contributed by atoms with van der Waals surface area (Å²) in [6.45, 7) is 6.74. The molecule has 0 aliphatic rings. The summed E-state index contributed by atoms with van der Waals surface area (Å²) in [5, 5.41) is 2.76. The summed E-state index contributed by atoms with van der Waals surface area (Å²) in [5.74, 6) is -3.72. The Labute approximate surface area is 246 Å². The van der Waals surface area contributed by atoms with E-state index < -0.39 is 35.5 Å². The maximum absolute atomic E-state index is 13.7. The quantitative estimate of drug-likeness (QED) is 0.234. The van der Waals surface area contributed by atoms with E-state index in [1.165, 1.54) is 22.8 Å². The Morgan fingerprint density at radius 3 is 2.34 bits per heavy atom. The number of halogens is 1. The molecule has 0 aliphatic carbocycles. The molecule has 0 saturated carbocycles. The zero-order chi connectivity index (χ0) is 30.1. The van der Waals surface area contributed by atoms with E-state index in [-0.39, 0.29) is 58.1 Å². The van der Waals surface area contributed by atoms with Gasteiger partial charge in [0.2, 0.25) is 5.91 Å². The Kier molecular flexibility index (Phi) is 11.6. The molecule has 41 heavy (non-hydrogen) atoms. The van der Waals surface area contributed by atoms with E-state index in [4.69, 9.17) is 14.2 Å². The van der Waals surface area contributed by atoms with Gasteiger partial charge in [0.25, 0.3) is 5.91 Å². The second kappa shape index (κ2) is 14.9. The largest absolute Gasteiger partial charge is 0.465 e. The maximum Gasteiger partial charge on any atom is 0.348 e. The highest BCUT2D eigenvalue weighted by Gasteiger charge is 2.27. The molecule has 0 atom stereocenters. The lowest BCUT2D eigenvalue weighted by Gasteiger charge is -2.07. The number of esters is 3. The minimum absolute atomic E-state index is 0.0664. The number of hydrogen-bond donors (Lipinski definition) is 1. The lowest BCUT2D eigenvalue weighted by molar-refractivity contribution is -0.143. The Hall–Kier alpha value is -3.56. The minimum atomic E-state index is -0.687. The average Bonchev–Trinajstić information content (AvgIpc) is 3.40. The second-order valence-electron chi connectivity index (χ2n) is 8.14. The number of ether oxygens (including phenoxy) is 3. The molecular weight excluding hydrogens is 597 g/mol. The summed E-state index contributed by atoms with van der Waals surface area (Å²) < 4.78 is 30.8. The van der Waals surface area contributed by atoms with Crippen molar-refractivity contribution in [2.45, 2.75) is 34.2 Å². The number of carbonyl (C=O) groups is 5. The monoisotopic (exact) mass is 625 g/mol. The summed E-state index contributed by atoms with van der Waals surface area (Å²) in [7, 11) is 0. The third kappa shape index (κ3) is 8.24. The number of thiophene rings is 1. The Morgan fingerprint density at radius 1 is 0.976 bits per heavy atom. The highest BCUT2D eigenvalue weighted by atomic mass is 32.2. The first-order valence-electron chi connectivity index (χ1n) is 12.5. The lowest BCUT2D eigenvalue weighted by atomic mass is 10.1. The van der Waals surface area contributed by atoms with Crippen molar-refractivity contribution in [1.29, 1.82) is 0 Å². The summed E-state index contributed by atoms with van der Waals surface area (Å²) in [5.41, 5.74) is 0.925. The molecule has 1 N–H and O–H groups in total. The van der Waals surface area contributed by atoms with E-state index in [0.717, 1.165) is 34.4 Å². The molecule has 220 valence electrons. The van der Waals surface area contributed by atoms with Crippen molar-refractivity contribution in [3.8, 4) is 0 Å². The summed E-state index contributed by atoms with van der Waals surface area (Å²) >= 11 is 2.93. The van der Waals surface area contributed by atoms with E-state index >= 15 is 0 Å². The summed E-state index contributed by atoms with van der Waals surface area (Å²) in [4.78, 5) is 66.7. The molecule has 0 bridgehead atoms. The molecule has 0 aliphatic heterocycles. The van der Waals surface area contributed by atoms with Gasteiger partial charge in [0.05, 0.1) is 47.1 Å². The number of hydrogen-bond acceptors (Lipinski definition) is 11. The van der Waals surface area contributed by atoms with E-state index in [1.54, 1.807) is 27.7 Å². The van der Waals surface area contributed by atoms with Gasteiger partial charge in [-0.25, -0.2) is 14.0 Å². The smallest absolute Gasteiger partial charge is 0.348 e. The second-order valence-corrected chi connectivity index (χ2v) is 11.2. The van der Waals surface area contributed by atoms with E-state index in [0.29, 0.717) is 15.8 Å². The molecule has 11 nitrogen and oxygen atoms in total. The first kappa shape index (κ1) is 32.0. The van der Waals surface area contributed by atoms with Crippen molar-refractivity contribution >= 4 is 79.4 Å². The number of thiazole rings is 1. The molecule has 15 heteroatoms.